The third-order valence-electron chi connectivity index (χ3n) is 2.67. The van der Waals surface area contributed by atoms with Crippen molar-refractivity contribution in [3.8, 4) is 0 Å². The Morgan fingerprint density at radius 1 is 1.35 bits per heavy atom. The van der Waals surface area contributed by atoms with Gasteiger partial charge in [0.1, 0.15) is 11.5 Å². The zero-order chi connectivity index (χ0) is 14.2. The molecular formula is C13H17F2N3OS. The molecule has 0 saturated heterocycles. The Morgan fingerprint density at radius 2 is 2.20 bits per heavy atom. The van der Waals surface area contributed by atoms with Crippen LogP contribution in [0.4, 0.5) is 8.78 Å². The summed E-state index contributed by atoms with van der Waals surface area (Å²) in [7, 11) is 0. The molecule has 2 aromatic rings. The van der Waals surface area contributed by atoms with Crippen molar-refractivity contribution >= 4 is 11.8 Å². The second-order valence-corrected chi connectivity index (χ2v) is 5.22. The number of aryl methyl sites for hydroxylation is 1. The fourth-order valence-electron chi connectivity index (χ4n) is 1.75. The zero-order valence-electron chi connectivity index (χ0n) is 11.0. The van der Waals surface area contributed by atoms with Crippen molar-refractivity contribution in [3.63, 3.8) is 0 Å². The molecule has 2 aromatic heterocycles. The van der Waals surface area contributed by atoms with Gasteiger partial charge in [0, 0.05) is 18.9 Å². The molecule has 0 aliphatic carbocycles. The summed E-state index contributed by atoms with van der Waals surface area (Å²) in [5.74, 6) is -0.793. The van der Waals surface area contributed by atoms with Crippen LogP contribution in [-0.4, -0.2) is 22.1 Å². The van der Waals surface area contributed by atoms with Gasteiger partial charge in [-0.05, 0) is 31.2 Å². The quantitative estimate of drug-likeness (QED) is 0.723. The largest absolute Gasteiger partial charge is 0.464 e. The number of aromatic nitrogens is 2. The number of thioether (sulfide) groups is 1. The van der Waals surface area contributed by atoms with Gasteiger partial charge in [0.05, 0.1) is 12.3 Å². The minimum absolute atomic E-state index is 0.205. The van der Waals surface area contributed by atoms with Crippen molar-refractivity contribution in [3.05, 3.63) is 42.1 Å². The van der Waals surface area contributed by atoms with Crippen LogP contribution in [0.3, 0.4) is 0 Å². The number of furan rings is 1. The number of nitrogens with zero attached hydrogens (tertiary/aromatic N) is 2. The molecule has 2 rings (SSSR count). The summed E-state index contributed by atoms with van der Waals surface area (Å²) >= 11 is 0.571. The molecule has 0 spiro atoms. The van der Waals surface area contributed by atoms with Crippen LogP contribution in [0, 0.1) is 0 Å². The number of halogens is 2. The molecule has 4 nitrogen and oxygen atoms in total. The van der Waals surface area contributed by atoms with E-state index in [9.17, 15) is 8.78 Å². The molecule has 1 N–H and O–H groups in total. The molecule has 0 fully saturated rings. The highest BCUT2D eigenvalue weighted by Crippen LogP contribution is 2.21. The van der Waals surface area contributed by atoms with E-state index in [0.717, 1.165) is 25.3 Å². The van der Waals surface area contributed by atoms with Gasteiger partial charge in [0.2, 0.25) is 0 Å². The van der Waals surface area contributed by atoms with Crippen LogP contribution >= 0.6 is 11.8 Å². The van der Waals surface area contributed by atoms with Crippen LogP contribution < -0.4 is 5.32 Å². The number of nitrogens with one attached hydrogen (secondary N) is 1. The van der Waals surface area contributed by atoms with Gasteiger partial charge in [-0.2, -0.15) is 13.9 Å². The van der Waals surface area contributed by atoms with Gasteiger partial charge in [-0.3, -0.25) is 4.68 Å². The molecule has 0 saturated carbocycles. The topological polar surface area (TPSA) is 43.0 Å². The Labute approximate surface area is 120 Å². The lowest BCUT2D eigenvalue weighted by molar-refractivity contribution is 0.251. The smallest absolute Gasteiger partial charge is 0.284 e. The Balaban J connectivity index is 1.59. The maximum Gasteiger partial charge on any atom is 0.284 e. The Kier molecular flexibility index (Phi) is 6.07. The van der Waals surface area contributed by atoms with E-state index in [-0.39, 0.29) is 5.75 Å². The average molecular weight is 301 g/mol. The highest BCUT2D eigenvalue weighted by atomic mass is 32.2. The first-order valence-corrected chi connectivity index (χ1v) is 7.44. The summed E-state index contributed by atoms with van der Waals surface area (Å²) in [6.45, 7) is 2.33. The van der Waals surface area contributed by atoms with Crippen LogP contribution in [0.15, 0.2) is 35.0 Å². The van der Waals surface area contributed by atoms with E-state index in [4.69, 9.17) is 4.42 Å². The predicted molar refractivity (Wildman–Crippen MR) is 74.6 cm³/mol. The molecule has 0 radical (unpaired) electrons. The van der Waals surface area contributed by atoms with Crippen LogP contribution in [0.2, 0.25) is 0 Å². The number of alkyl halides is 2. The molecule has 0 amide bonds. The third-order valence-corrected chi connectivity index (χ3v) is 3.37. The molecule has 7 heteroatoms. The van der Waals surface area contributed by atoms with E-state index in [1.807, 2.05) is 23.0 Å². The van der Waals surface area contributed by atoms with Crippen LogP contribution in [-0.2, 0) is 18.8 Å². The first kappa shape index (κ1) is 15.1. The summed E-state index contributed by atoms with van der Waals surface area (Å²) in [6, 6.07) is 5.47. The molecule has 0 bridgehead atoms. The number of hydrogen-bond donors (Lipinski definition) is 1. The highest BCUT2D eigenvalue weighted by Gasteiger charge is 2.07. The molecule has 2 heterocycles. The molecule has 0 atom stereocenters. The monoisotopic (exact) mass is 301 g/mol. The SMILES string of the molecule is FC(F)SCc1ccc(CNCCCn2cccn2)o1. The van der Waals surface area contributed by atoms with Gasteiger partial charge >= 0.3 is 0 Å². The van der Waals surface area contributed by atoms with Gasteiger partial charge in [-0.25, -0.2) is 0 Å². The van der Waals surface area contributed by atoms with Crippen LogP contribution in [0.25, 0.3) is 0 Å². The summed E-state index contributed by atoms with van der Waals surface area (Å²) in [5, 5.41) is 7.37. The van der Waals surface area contributed by atoms with Crippen molar-refractivity contribution in [2.24, 2.45) is 0 Å². The fourth-order valence-corrected chi connectivity index (χ4v) is 2.20. The lowest BCUT2D eigenvalue weighted by Crippen LogP contribution is -2.16. The molecular weight excluding hydrogens is 284 g/mol. The van der Waals surface area contributed by atoms with E-state index in [2.05, 4.69) is 10.4 Å². The maximum atomic E-state index is 12.0. The van der Waals surface area contributed by atoms with Crippen molar-refractivity contribution in [2.45, 2.75) is 31.0 Å². The number of hydrogen-bond acceptors (Lipinski definition) is 4. The van der Waals surface area contributed by atoms with E-state index >= 15 is 0 Å². The van der Waals surface area contributed by atoms with E-state index in [1.54, 1.807) is 12.3 Å². The zero-order valence-corrected chi connectivity index (χ0v) is 11.8. The minimum atomic E-state index is -2.36. The first-order valence-electron chi connectivity index (χ1n) is 6.39. The lowest BCUT2D eigenvalue weighted by atomic mass is 10.4. The van der Waals surface area contributed by atoms with Gasteiger partial charge in [-0.15, -0.1) is 0 Å². The molecule has 110 valence electrons. The fraction of sp³-hybridized carbons (Fsp3) is 0.462. The van der Waals surface area contributed by atoms with E-state index in [1.165, 1.54) is 0 Å². The predicted octanol–water partition coefficient (Wildman–Crippen LogP) is 3.11. The Hall–Kier alpha value is -1.34. The molecule has 0 aromatic carbocycles. The molecule has 0 aliphatic heterocycles. The summed E-state index contributed by atoms with van der Waals surface area (Å²) in [5.41, 5.74) is 0. The summed E-state index contributed by atoms with van der Waals surface area (Å²) in [4.78, 5) is 0. The Bertz CT molecular complexity index is 488. The highest BCUT2D eigenvalue weighted by molar-refractivity contribution is 7.98. The molecule has 0 aliphatic rings. The van der Waals surface area contributed by atoms with Crippen molar-refractivity contribution < 1.29 is 13.2 Å². The third kappa shape index (κ3) is 5.34. The lowest BCUT2D eigenvalue weighted by Gasteiger charge is -2.03. The van der Waals surface area contributed by atoms with Crippen LogP contribution in [0.1, 0.15) is 17.9 Å². The van der Waals surface area contributed by atoms with Gasteiger partial charge in [0.25, 0.3) is 5.76 Å². The van der Waals surface area contributed by atoms with E-state index < -0.39 is 5.76 Å². The summed E-state index contributed by atoms with van der Waals surface area (Å²) < 4.78 is 31.4. The van der Waals surface area contributed by atoms with Gasteiger partial charge < -0.3 is 9.73 Å². The average Bonchev–Trinajstić information content (AvgIpc) is 3.07. The first-order chi connectivity index (χ1) is 9.74. The Morgan fingerprint density at radius 3 is 2.95 bits per heavy atom. The maximum absolute atomic E-state index is 12.0. The van der Waals surface area contributed by atoms with Gasteiger partial charge in [0.15, 0.2) is 0 Å². The normalized spacial score (nSPS) is 11.3. The van der Waals surface area contributed by atoms with E-state index in [0.29, 0.717) is 24.1 Å². The molecule has 0 unspecified atom stereocenters. The minimum Gasteiger partial charge on any atom is -0.464 e. The van der Waals surface area contributed by atoms with Crippen molar-refractivity contribution in [2.75, 3.05) is 6.54 Å². The second kappa shape index (κ2) is 8.06. The van der Waals surface area contributed by atoms with Crippen molar-refractivity contribution in [1.82, 2.24) is 15.1 Å². The molecule has 20 heavy (non-hydrogen) atoms. The number of rotatable bonds is 9. The summed E-state index contributed by atoms with van der Waals surface area (Å²) in [6.07, 6.45) is 4.66. The van der Waals surface area contributed by atoms with Crippen molar-refractivity contribution in [1.29, 1.82) is 0 Å². The standard InChI is InChI=1S/C13H17F2N3OS/c14-13(15)20-10-12-4-3-11(19-12)9-16-5-1-7-18-8-2-6-17-18/h2-4,6,8,13,16H,1,5,7,9-10H2. The second-order valence-electron chi connectivity index (χ2n) is 4.24. The van der Waals surface area contributed by atoms with Gasteiger partial charge in [-0.1, -0.05) is 11.8 Å². The van der Waals surface area contributed by atoms with Crippen LogP contribution in [0.5, 0.6) is 0 Å².